The van der Waals surface area contributed by atoms with Gasteiger partial charge in [-0.25, -0.2) is 19.6 Å². The molecule has 3 rings (SSSR count). The number of hydrogen-bond acceptors (Lipinski definition) is 7. The molecular weight excluding hydrogens is 328 g/mol. The summed E-state index contributed by atoms with van der Waals surface area (Å²) in [6.07, 6.45) is 0.717. The third kappa shape index (κ3) is 4.27. The minimum absolute atomic E-state index is 0.211. The smallest absolute Gasteiger partial charge is 0.407 e. The van der Waals surface area contributed by atoms with Crippen LogP contribution >= 0.6 is 0 Å². The van der Waals surface area contributed by atoms with Crippen molar-refractivity contribution in [2.45, 2.75) is 32.5 Å². The van der Waals surface area contributed by atoms with Crippen LogP contribution in [0.15, 0.2) is 11.1 Å². The van der Waals surface area contributed by atoms with Crippen LogP contribution in [0, 0.1) is 0 Å². The molecule has 0 bridgehead atoms. The summed E-state index contributed by atoms with van der Waals surface area (Å²) in [6.45, 7) is 7.39. The SMILES string of the molecule is CC(C)(C)OC(=O)NCC1CN(c2ncnc3[nH]c(=O)[nH]c23)CCO1. The normalized spacial score (nSPS) is 18.4. The van der Waals surface area contributed by atoms with Crippen molar-refractivity contribution >= 4 is 23.1 Å². The first-order chi connectivity index (χ1) is 11.8. The fraction of sp³-hybridized carbons (Fsp3) is 0.600. The molecule has 136 valence electrons. The standard InChI is InChI=1S/C15H22N6O4/c1-15(2,3)25-14(23)16-6-9-7-21(4-5-24-9)12-10-11(17-8-18-12)20-13(22)19-10/h8-9H,4-7H2,1-3H3,(H,16,23)(H2,17,18,19,20,22). The Morgan fingerprint density at radius 1 is 1.44 bits per heavy atom. The van der Waals surface area contributed by atoms with Crippen LogP contribution in [0.5, 0.6) is 0 Å². The third-order valence-corrected chi connectivity index (χ3v) is 3.61. The third-order valence-electron chi connectivity index (χ3n) is 3.61. The Kier molecular flexibility index (Phi) is 4.62. The van der Waals surface area contributed by atoms with E-state index in [4.69, 9.17) is 9.47 Å². The molecule has 0 saturated carbocycles. The lowest BCUT2D eigenvalue weighted by atomic mass is 10.2. The first-order valence-electron chi connectivity index (χ1n) is 8.08. The number of rotatable bonds is 3. The molecule has 1 aliphatic rings. The van der Waals surface area contributed by atoms with Gasteiger partial charge in [-0.05, 0) is 20.8 Å². The number of nitrogens with zero attached hydrogens (tertiary/aromatic N) is 3. The van der Waals surface area contributed by atoms with Gasteiger partial charge in [-0.15, -0.1) is 0 Å². The number of alkyl carbamates (subject to hydrolysis) is 1. The molecule has 0 radical (unpaired) electrons. The molecule has 1 amide bonds. The average molecular weight is 350 g/mol. The second-order valence-corrected chi connectivity index (χ2v) is 6.82. The molecule has 1 atom stereocenters. The van der Waals surface area contributed by atoms with Crippen molar-refractivity contribution in [3.8, 4) is 0 Å². The summed E-state index contributed by atoms with van der Waals surface area (Å²) < 4.78 is 10.9. The molecule has 25 heavy (non-hydrogen) atoms. The van der Waals surface area contributed by atoms with Crippen molar-refractivity contribution < 1.29 is 14.3 Å². The van der Waals surface area contributed by atoms with Crippen LogP contribution in [0.4, 0.5) is 10.6 Å². The van der Waals surface area contributed by atoms with E-state index < -0.39 is 11.7 Å². The van der Waals surface area contributed by atoms with Gasteiger partial charge in [0.15, 0.2) is 11.5 Å². The summed E-state index contributed by atoms with van der Waals surface area (Å²) in [4.78, 5) is 38.9. The number of morpholine rings is 1. The van der Waals surface area contributed by atoms with Gasteiger partial charge in [0.25, 0.3) is 0 Å². The topological polar surface area (TPSA) is 125 Å². The van der Waals surface area contributed by atoms with Crippen molar-refractivity contribution in [3.05, 3.63) is 16.8 Å². The molecule has 0 aromatic carbocycles. The lowest BCUT2D eigenvalue weighted by Crippen LogP contribution is -2.48. The average Bonchev–Trinajstić information content (AvgIpc) is 2.91. The Morgan fingerprint density at radius 3 is 3.00 bits per heavy atom. The highest BCUT2D eigenvalue weighted by Gasteiger charge is 2.25. The number of aromatic nitrogens is 4. The van der Waals surface area contributed by atoms with Gasteiger partial charge in [-0.3, -0.25) is 4.98 Å². The molecular formula is C15H22N6O4. The molecule has 1 fully saturated rings. The number of imidazole rings is 1. The molecule has 3 heterocycles. The summed E-state index contributed by atoms with van der Waals surface area (Å²) in [6, 6.07) is 0. The van der Waals surface area contributed by atoms with E-state index in [1.54, 1.807) is 0 Å². The van der Waals surface area contributed by atoms with Crippen LogP contribution < -0.4 is 15.9 Å². The molecule has 2 aromatic heterocycles. The molecule has 3 N–H and O–H groups in total. The number of carbonyl (C=O) groups excluding carboxylic acids is 1. The molecule has 10 heteroatoms. The summed E-state index contributed by atoms with van der Waals surface area (Å²) in [7, 11) is 0. The Bertz CT molecular complexity index is 808. The summed E-state index contributed by atoms with van der Waals surface area (Å²) in [5.41, 5.74) is 0.155. The highest BCUT2D eigenvalue weighted by molar-refractivity contribution is 5.82. The highest BCUT2D eigenvalue weighted by atomic mass is 16.6. The van der Waals surface area contributed by atoms with Gasteiger partial charge in [0.05, 0.1) is 12.7 Å². The highest BCUT2D eigenvalue weighted by Crippen LogP contribution is 2.20. The Morgan fingerprint density at radius 2 is 2.24 bits per heavy atom. The van der Waals surface area contributed by atoms with Gasteiger partial charge >= 0.3 is 11.8 Å². The fourth-order valence-electron chi connectivity index (χ4n) is 2.62. The quantitative estimate of drug-likeness (QED) is 0.730. The van der Waals surface area contributed by atoms with Crippen LogP contribution in [0.2, 0.25) is 0 Å². The number of carbonyl (C=O) groups is 1. The van der Waals surface area contributed by atoms with Gasteiger partial charge in [0.1, 0.15) is 17.4 Å². The van der Waals surface area contributed by atoms with E-state index in [0.717, 1.165) is 0 Å². The largest absolute Gasteiger partial charge is 0.444 e. The lowest BCUT2D eigenvalue weighted by molar-refractivity contribution is 0.0282. The van der Waals surface area contributed by atoms with Crippen molar-refractivity contribution in [3.63, 3.8) is 0 Å². The second kappa shape index (κ2) is 6.71. The summed E-state index contributed by atoms with van der Waals surface area (Å²) >= 11 is 0. The zero-order valence-electron chi connectivity index (χ0n) is 14.5. The number of anilines is 1. The van der Waals surface area contributed by atoms with Gasteiger partial charge in [-0.1, -0.05) is 0 Å². The maximum Gasteiger partial charge on any atom is 0.407 e. The van der Waals surface area contributed by atoms with Crippen molar-refractivity contribution in [1.29, 1.82) is 0 Å². The number of H-pyrrole nitrogens is 2. The Balaban J connectivity index is 1.65. The predicted molar refractivity (Wildman–Crippen MR) is 90.7 cm³/mol. The Labute approximate surface area is 143 Å². The molecule has 1 aliphatic heterocycles. The number of ether oxygens (including phenoxy) is 2. The van der Waals surface area contributed by atoms with E-state index in [1.807, 2.05) is 25.7 Å². The number of hydrogen-bond donors (Lipinski definition) is 3. The zero-order valence-corrected chi connectivity index (χ0v) is 14.5. The van der Waals surface area contributed by atoms with Crippen molar-refractivity contribution in [1.82, 2.24) is 25.3 Å². The number of amides is 1. The van der Waals surface area contributed by atoms with Crippen molar-refractivity contribution in [2.75, 3.05) is 31.1 Å². The lowest BCUT2D eigenvalue weighted by Gasteiger charge is -2.33. The molecule has 0 aliphatic carbocycles. The zero-order chi connectivity index (χ0) is 18.0. The van der Waals surface area contributed by atoms with E-state index >= 15 is 0 Å². The number of nitrogens with one attached hydrogen (secondary N) is 3. The van der Waals surface area contributed by atoms with Crippen molar-refractivity contribution in [2.24, 2.45) is 0 Å². The maximum absolute atomic E-state index is 11.8. The predicted octanol–water partition coefficient (Wildman–Crippen LogP) is 0.376. The summed E-state index contributed by atoms with van der Waals surface area (Å²) in [5.74, 6) is 0.633. The molecule has 1 saturated heterocycles. The summed E-state index contributed by atoms with van der Waals surface area (Å²) in [5, 5.41) is 2.71. The van der Waals surface area contributed by atoms with Crippen LogP contribution in [0.25, 0.3) is 11.2 Å². The van der Waals surface area contributed by atoms with E-state index in [2.05, 4.69) is 25.3 Å². The molecule has 10 nitrogen and oxygen atoms in total. The van der Waals surface area contributed by atoms with Crippen LogP contribution in [0.3, 0.4) is 0 Å². The van der Waals surface area contributed by atoms with Gasteiger partial charge in [0.2, 0.25) is 0 Å². The van der Waals surface area contributed by atoms with E-state index in [0.29, 0.717) is 43.2 Å². The van der Waals surface area contributed by atoms with Crippen LogP contribution in [-0.2, 0) is 9.47 Å². The first-order valence-corrected chi connectivity index (χ1v) is 8.08. The van der Waals surface area contributed by atoms with Gasteiger partial charge in [0, 0.05) is 19.6 Å². The Hall–Kier alpha value is -2.62. The first kappa shape index (κ1) is 17.2. The monoisotopic (exact) mass is 350 g/mol. The van der Waals surface area contributed by atoms with E-state index in [-0.39, 0.29) is 11.8 Å². The maximum atomic E-state index is 11.8. The molecule has 1 unspecified atom stereocenters. The number of aromatic amines is 2. The van der Waals surface area contributed by atoms with Gasteiger partial charge < -0.3 is 24.7 Å². The number of fused-ring (bicyclic) bond motifs is 1. The van der Waals surface area contributed by atoms with E-state index in [1.165, 1.54) is 6.33 Å². The molecule has 2 aromatic rings. The minimum Gasteiger partial charge on any atom is -0.444 e. The van der Waals surface area contributed by atoms with Crippen LogP contribution in [0.1, 0.15) is 20.8 Å². The second-order valence-electron chi connectivity index (χ2n) is 6.82. The molecule has 0 spiro atoms. The van der Waals surface area contributed by atoms with E-state index in [9.17, 15) is 9.59 Å². The van der Waals surface area contributed by atoms with Gasteiger partial charge in [-0.2, -0.15) is 0 Å². The fourth-order valence-corrected chi connectivity index (χ4v) is 2.62. The van der Waals surface area contributed by atoms with Crippen LogP contribution in [-0.4, -0.2) is 64.0 Å². The minimum atomic E-state index is -0.545.